The Hall–Kier alpha value is -6.50. The molecule has 0 unspecified atom stereocenters. The molecule has 3 heterocycles. The molecular formula is C44H26N4OS. The first-order chi connectivity index (χ1) is 24.7. The summed E-state index contributed by atoms with van der Waals surface area (Å²) in [6.45, 7) is 0. The topological polar surface area (TPSA) is 64.7 Å². The number of nitrogens with zero attached hydrogens (tertiary/aromatic N) is 4. The van der Waals surface area contributed by atoms with Gasteiger partial charge in [0.1, 0.15) is 5.52 Å². The second kappa shape index (κ2) is 11.6. The highest BCUT2D eigenvalue weighted by atomic mass is 32.1. The van der Waals surface area contributed by atoms with Crippen molar-refractivity contribution in [3.8, 4) is 56.7 Å². The van der Waals surface area contributed by atoms with Gasteiger partial charge in [-0.25, -0.2) is 19.9 Å². The number of benzene rings is 7. The van der Waals surface area contributed by atoms with Crippen LogP contribution in [0.1, 0.15) is 0 Å². The van der Waals surface area contributed by atoms with Crippen molar-refractivity contribution < 1.29 is 4.42 Å². The summed E-state index contributed by atoms with van der Waals surface area (Å²) in [5, 5.41) is 4.49. The summed E-state index contributed by atoms with van der Waals surface area (Å²) >= 11 is 1.73. The number of hydrogen-bond donors (Lipinski definition) is 0. The third kappa shape index (κ3) is 4.93. The summed E-state index contributed by atoms with van der Waals surface area (Å²) < 4.78 is 8.50. The van der Waals surface area contributed by atoms with Crippen LogP contribution in [0.5, 0.6) is 0 Å². The smallest absolute Gasteiger partial charge is 0.227 e. The molecule has 6 heteroatoms. The Balaban J connectivity index is 1.14. The minimum atomic E-state index is 0.615. The molecule has 0 N–H and O–H groups in total. The predicted molar refractivity (Wildman–Crippen MR) is 205 cm³/mol. The van der Waals surface area contributed by atoms with Crippen molar-refractivity contribution in [2.75, 3.05) is 0 Å². The van der Waals surface area contributed by atoms with Crippen molar-refractivity contribution in [2.24, 2.45) is 0 Å². The molecule has 0 atom stereocenters. The second-order valence-electron chi connectivity index (χ2n) is 12.3. The number of hydrogen-bond acceptors (Lipinski definition) is 6. The maximum Gasteiger partial charge on any atom is 0.227 e. The lowest BCUT2D eigenvalue weighted by Crippen LogP contribution is -2.00. The van der Waals surface area contributed by atoms with Crippen LogP contribution < -0.4 is 0 Å². The van der Waals surface area contributed by atoms with Gasteiger partial charge in [0.2, 0.25) is 5.89 Å². The maximum absolute atomic E-state index is 6.22. The van der Waals surface area contributed by atoms with E-state index in [0.29, 0.717) is 23.4 Å². The number of oxazole rings is 1. The third-order valence-electron chi connectivity index (χ3n) is 9.14. The molecule has 0 saturated carbocycles. The van der Waals surface area contributed by atoms with Crippen LogP contribution >= 0.6 is 11.3 Å². The van der Waals surface area contributed by atoms with Crippen LogP contribution in [0.4, 0.5) is 0 Å². The van der Waals surface area contributed by atoms with E-state index in [-0.39, 0.29) is 0 Å². The SMILES string of the molecule is c1ccc(-c2ccc3cc(-c4nc(-c5ccccc5)nc(-c5cccc6sc7cc8oc(-c9ccccc9)nc8cc7c56)n4)ccc3c2)cc1. The summed E-state index contributed by atoms with van der Waals surface area (Å²) in [6.07, 6.45) is 0. The Morgan fingerprint density at radius 1 is 0.420 bits per heavy atom. The molecule has 0 aliphatic carbocycles. The average Bonchev–Trinajstić information content (AvgIpc) is 3.78. The largest absolute Gasteiger partial charge is 0.436 e. The van der Waals surface area contributed by atoms with E-state index in [0.717, 1.165) is 64.3 Å². The molecule has 3 aromatic heterocycles. The Labute approximate surface area is 291 Å². The third-order valence-corrected chi connectivity index (χ3v) is 10.3. The number of fused-ring (bicyclic) bond motifs is 5. The lowest BCUT2D eigenvalue weighted by Gasteiger charge is -2.10. The minimum absolute atomic E-state index is 0.615. The van der Waals surface area contributed by atoms with Crippen molar-refractivity contribution in [2.45, 2.75) is 0 Å². The Bertz CT molecular complexity index is 2860. The Morgan fingerprint density at radius 2 is 1.04 bits per heavy atom. The molecule has 0 fully saturated rings. The summed E-state index contributed by atoms with van der Waals surface area (Å²) in [5.41, 5.74) is 7.75. The highest BCUT2D eigenvalue weighted by molar-refractivity contribution is 7.26. The fourth-order valence-corrected chi connectivity index (χ4v) is 7.82. The summed E-state index contributed by atoms with van der Waals surface area (Å²) in [6, 6.07) is 54.2. The van der Waals surface area contributed by atoms with Crippen LogP contribution in [0.2, 0.25) is 0 Å². The molecule has 7 aromatic carbocycles. The molecule has 0 saturated heterocycles. The molecule has 10 aromatic rings. The zero-order chi connectivity index (χ0) is 33.0. The van der Waals surface area contributed by atoms with E-state index in [1.807, 2.05) is 66.7 Å². The van der Waals surface area contributed by atoms with E-state index < -0.39 is 0 Å². The van der Waals surface area contributed by atoms with Crippen LogP contribution in [0.15, 0.2) is 162 Å². The minimum Gasteiger partial charge on any atom is -0.436 e. The molecule has 0 radical (unpaired) electrons. The lowest BCUT2D eigenvalue weighted by atomic mass is 10.00. The van der Waals surface area contributed by atoms with E-state index in [9.17, 15) is 0 Å². The number of rotatable bonds is 5. The van der Waals surface area contributed by atoms with Gasteiger partial charge in [-0.3, -0.25) is 0 Å². The summed E-state index contributed by atoms with van der Waals surface area (Å²) in [7, 11) is 0. The molecule has 0 bridgehead atoms. The zero-order valence-electron chi connectivity index (χ0n) is 26.6. The lowest BCUT2D eigenvalue weighted by molar-refractivity contribution is 0.620. The van der Waals surface area contributed by atoms with Gasteiger partial charge in [0.15, 0.2) is 23.1 Å². The van der Waals surface area contributed by atoms with Gasteiger partial charge in [0, 0.05) is 48.5 Å². The molecule has 0 amide bonds. The van der Waals surface area contributed by atoms with Crippen LogP contribution in [0.3, 0.4) is 0 Å². The molecule has 0 spiro atoms. The Kier molecular flexibility index (Phi) is 6.60. The fourth-order valence-electron chi connectivity index (χ4n) is 6.67. The van der Waals surface area contributed by atoms with Crippen molar-refractivity contribution in [3.63, 3.8) is 0 Å². The van der Waals surface area contributed by atoms with Crippen LogP contribution in [-0.2, 0) is 0 Å². The van der Waals surface area contributed by atoms with Crippen molar-refractivity contribution in [1.29, 1.82) is 0 Å². The molecule has 50 heavy (non-hydrogen) atoms. The van der Waals surface area contributed by atoms with E-state index in [1.165, 1.54) is 11.1 Å². The first kappa shape index (κ1) is 28.5. The van der Waals surface area contributed by atoms with Crippen molar-refractivity contribution in [3.05, 3.63) is 158 Å². The molecule has 0 aliphatic heterocycles. The predicted octanol–water partition coefficient (Wildman–Crippen LogP) is 11.9. The molecule has 5 nitrogen and oxygen atoms in total. The second-order valence-corrected chi connectivity index (χ2v) is 13.4. The molecule has 0 aliphatic rings. The fraction of sp³-hybridized carbons (Fsp3) is 0. The highest BCUT2D eigenvalue weighted by Gasteiger charge is 2.19. The Morgan fingerprint density at radius 3 is 1.78 bits per heavy atom. The van der Waals surface area contributed by atoms with E-state index in [1.54, 1.807) is 11.3 Å². The van der Waals surface area contributed by atoms with Gasteiger partial charge >= 0.3 is 0 Å². The van der Waals surface area contributed by atoms with Crippen LogP contribution in [-0.4, -0.2) is 19.9 Å². The van der Waals surface area contributed by atoms with Crippen molar-refractivity contribution >= 4 is 53.4 Å². The first-order valence-electron chi connectivity index (χ1n) is 16.5. The van der Waals surface area contributed by atoms with Crippen molar-refractivity contribution in [1.82, 2.24) is 19.9 Å². The van der Waals surface area contributed by atoms with Crippen LogP contribution in [0.25, 0.3) is 98.8 Å². The van der Waals surface area contributed by atoms with Gasteiger partial charge in [-0.05, 0) is 58.3 Å². The van der Waals surface area contributed by atoms with E-state index >= 15 is 0 Å². The molecule has 10 rings (SSSR count). The first-order valence-corrected chi connectivity index (χ1v) is 17.3. The van der Waals surface area contributed by atoms with Gasteiger partial charge in [-0.2, -0.15) is 0 Å². The summed E-state index contributed by atoms with van der Waals surface area (Å²) in [4.78, 5) is 20.2. The standard InChI is InChI=1S/C44H26N4OS/c1-4-11-27(12-5-1)30-19-20-32-24-33(22-21-31(32)23-30)42-46-41(28-13-6-2-7-14-28)47-43(48-42)34-17-10-18-38-40(34)35-25-36-37(26-39(35)50-38)49-44(45-36)29-15-8-3-9-16-29/h1-26H. The quantitative estimate of drug-likeness (QED) is 0.184. The number of aromatic nitrogens is 4. The van der Waals surface area contributed by atoms with Gasteiger partial charge in [-0.15, -0.1) is 11.3 Å². The zero-order valence-corrected chi connectivity index (χ0v) is 27.4. The van der Waals surface area contributed by atoms with Crippen LogP contribution in [0, 0.1) is 0 Å². The van der Waals surface area contributed by atoms with Gasteiger partial charge in [-0.1, -0.05) is 115 Å². The average molecular weight is 659 g/mol. The normalized spacial score (nSPS) is 11.6. The highest BCUT2D eigenvalue weighted by Crippen LogP contribution is 2.42. The maximum atomic E-state index is 6.22. The monoisotopic (exact) mass is 658 g/mol. The van der Waals surface area contributed by atoms with Gasteiger partial charge in [0.05, 0.1) is 0 Å². The summed E-state index contributed by atoms with van der Waals surface area (Å²) in [5.74, 6) is 2.51. The van der Waals surface area contributed by atoms with Gasteiger partial charge < -0.3 is 4.42 Å². The number of thiophene rings is 1. The molecular weight excluding hydrogens is 633 g/mol. The van der Waals surface area contributed by atoms with E-state index in [2.05, 4.69) is 91.0 Å². The van der Waals surface area contributed by atoms with E-state index in [4.69, 9.17) is 24.4 Å². The van der Waals surface area contributed by atoms with Gasteiger partial charge in [0.25, 0.3) is 0 Å². The molecule has 234 valence electrons.